The van der Waals surface area contributed by atoms with Gasteiger partial charge in [0.2, 0.25) is 11.1 Å². The molecule has 0 radical (unpaired) electrons. The molecule has 2 aromatic heterocycles. The van der Waals surface area contributed by atoms with Crippen molar-refractivity contribution in [3.05, 3.63) is 60.3 Å². The van der Waals surface area contributed by atoms with Gasteiger partial charge >= 0.3 is 0 Å². The lowest BCUT2D eigenvalue weighted by Gasteiger charge is -2.11. The number of hydrogen-bond acceptors (Lipinski definition) is 6. The molecule has 0 saturated heterocycles. The summed E-state index contributed by atoms with van der Waals surface area (Å²) in [5.74, 6) is 0.761. The Labute approximate surface area is 178 Å². The fraction of sp³-hybridized carbons (Fsp3) is 0.238. The molecule has 0 saturated carbocycles. The maximum atomic E-state index is 12.6. The van der Waals surface area contributed by atoms with Gasteiger partial charge in [0.15, 0.2) is 0 Å². The van der Waals surface area contributed by atoms with E-state index in [1.54, 1.807) is 11.8 Å². The van der Waals surface area contributed by atoms with Crippen LogP contribution in [0.2, 0.25) is 0 Å². The predicted octanol–water partition coefficient (Wildman–Crippen LogP) is 2.99. The first-order valence-corrected chi connectivity index (χ1v) is 10.5. The van der Waals surface area contributed by atoms with Crippen molar-refractivity contribution in [3.8, 4) is 11.4 Å². The van der Waals surface area contributed by atoms with E-state index in [2.05, 4.69) is 25.8 Å². The normalized spacial score (nSPS) is 12.1. The zero-order valence-electron chi connectivity index (χ0n) is 16.7. The number of rotatable bonds is 8. The van der Waals surface area contributed by atoms with Crippen molar-refractivity contribution in [1.29, 1.82) is 0 Å². The molecule has 154 valence electrons. The first-order valence-electron chi connectivity index (χ1n) is 9.58. The highest BCUT2D eigenvalue weighted by molar-refractivity contribution is 8.00. The van der Waals surface area contributed by atoms with Crippen LogP contribution < -0.4 is 10.1 Å². The SMILES string of the molecule is COc1ccc2c(CCNC(=O)[C@@H](C)Sc3nnnn3-c3ccccc3)c[nH]c2c1. The van der Waals surface area contributed by atoms with E-state index in [0.29, 0.717) is 11.7 Å². The molecule has 0 aliphatic carbocycles. The lowest BCUT2D eigenvalue weighted by molar-refractivity contribution is -0.120. The van der Waals surface area contributed by atoms with Crippen LogP contribution in [0.4, 0.5) is 0 Å². The molecule has 0 aliphatic heterocycles. The third kappa shape index (κ3) is 4.30. The minimum Gasteiger partial charge on any atom is -0.497 e. The molecular weight excluding hydrogens is 400 g/mol. The van der Waals surface area contributed by atoms with E-state index in [1.807, 2.05) is 61.7 Å². The van der Waals surface area contributed by atoms with Crippen LogP contribution in [0.15, 0.2) is 59.9 Å². The molecule has 1 atom stereocenters. The topological polar surface area (TPSA) is 97.7 Å². The molecule has 2 N–H and O–H groups in total. The molecule has 4 rings (SSSR count). The van der Waals surface area contributed by atoms with Crippen LogP contribution in [0, 0.1) is 0 Å². The molecule has 0 aliphatic rings. The maximum Gasteiger partial charge on any atom is 0.233 e. The third-order valence-electron chi connectivity index (χ3n) is 4.76. The molecular formula is C21H22N6O2S. The highest BCUT2D eigenvalue weighted by Gasteiger charge is 2.19. The first-order chi connectivity index (χ1) is 14.7. The first kappa shape index (κ1) is 20.0. The number of carbonyl (C=O) groups is 1. The maximum absolute atomic E-state index is 12.6. The second-order valence-electron chi connectivity index (χ2n) is 6.74. The Hall–Kier alpha value is -3.33. The van der Waals surface area contributed by atoms with Crippen molar-refractivity contribution in [2.75, 3.05) is 13.7 Å². The number of H-pyrrole nitrogens is 1. The van der Waals surface area contributed by atoms with Gasteiger partial charge in [-0.05, 0) is 53.6 Å². The summed E-state index contributed by atoms with van der Waals surface area (Å²) in [4.78, 5) is 15.8. The fourth-order valence-corrected chi connectivity index (χ4v) is 3.99. The molecule has 2 heterocycles. The molecule has 1 amide bonds. The van der Waals surface area contributed by atoms with Crippen LogP contribution >= 0.6 is 11.8 Å². The quantitative estimate of drug-likeness (QED) is 0.424. The average molecular weight is 423 g/mol. The summed E-state index contributed by atoms with van der Waals surface area (Å²) >= 11 is 1.33. The fourth-order valence-electron chi connectivity index (χ4n) is 3.16. The highest BCUT2D eigenvalue weighted by Crippen LogP contribution is 2.24. The van der Waals surface area contributed by atoms with Crippen LogP contribution in [0.3, 0.4) is 0 Å². The third-order valence-corrected chi connectivity index (χ3v) is 5.79. The van der Waals surface area contributed by atoms with Crippen molar-refractivity contribution in [3.63, 3.8) is 0 Å². The van der Waals surface area contributed by atoms with Crippen LogP contribution in [0.1, 0.15) is 12.5 Å². The summed E-state index contributed by atoms with van der Waals surface area (Å²) < 4.78 is 6.89. The van der Waals surface area contributed by atoms with E-state index in [-0.39, 0.29) is 11.2 Å². The van der Waals surface area contributed by atoms with Gasteiger partial charge in [-0.3, -0.25) is 4.79 Å². The number of aromatic nitrogens is 5. The van der Waals surface area contributed by atoms with E-state index in [0.717, 1.165) is 34.3 Å². The molecule has 0 fully saturated rings. The lowest BCUT2D eigenvalue weighted by atomic mass is 10.1. The number of aromatic amines is 1. The predicted molar refractivity (Wildman–Crippen MR) is 116 cm³/mol. The second-order valence-corrected chi connectivity index (χ2v) is 8.04. The van der Waals surface area contributed by atoms with E-state index < -0.39 is 0 Å². The highest BCUT2D eigenvalue weighted by atomic mass is 32.2. The molecule has 0 bridgehead atoms. The number of methoxy groups -OCH3 is 1. The van der Waals surface area contributed by atoms with Crippen molar-refractivity contribution in [2.45, 2.75) is 23.8 Å². The van der Waals surface area contributed by atoms with Crippen LogP contribution in [-0.2, 0) is 11.2 Å². The zero-order chi connectivity index (χ0) is 20.9. The van der Waals surface area contributed by atoms with Gasteiger partial charge in [0.05, 0.1) is 18.0 Å². The second kappa shape index (κ2) is 9.00. The monoisotopic (exact) mass is 422 g/mol. The summed E-state index contributed by atoms with van der Waals surface area (Å²) in [7, 11) is 1.65. The van der Waals surface area contributed by atoms with E-state index in [1.165, 1.54) is 11.8 Å². The standard InChI is InChI=1S/C21H22N6O2S/c1-14(30-21-24-25-26-27(21)16-6-4-3-5-7-16)20(28)22-11-10-15-13-23-19-12-17(29-2)8-9-18(15)19/h3-9,12-14,23H,10-11H2,1-2H3,(H,22,28)/t14-/m1/s1. The van der Waals surface area contributed by atoms with Gasteiger partial charge in [0.1, 0.15) is 5.75 Å². The Bertz CT molecular complexity index is 1140. The van der Waals surface area contributed by atoms with Crippen molar-refractivity contribution in [2.24, 2.45) is 0 Å². The van der Waals surface area contributed by atoms with Gasteiger partial charge in [0.25, 0.3) is 0 Å². The largest absolute Gasteiger partial charge is 0.497 e. The Morgan fingerprint density at radius 3 is 2.90 bits per heavy atom. The number of nitrogens with one attached hydrogen (secondary N) is 2. The van der Waals surface area contributed by atoms with Crippen LogP contribution in [0.5, 0.6) is 5.75 Å². The number of amides is 1. The molecule has 2 aromatic carbocycles. The van der Waals surface area contributed by atoms with Gasteiger partial charge in [-0.1, -0.05) is 30.0 Å². The van der Waals surface area contributed by atoms with Crippen LogP contribution in [0.25, 0.3) is 16.6 Å². The number of para-hydroxylation sites is 1. The summed E-state index contributed by atoms with van der Waals surface area (Å²) in [5.41, 5.74) is 3.03. The van der Waals surface area contributed by atoms with Crippen molar-refractivity contribution < 1.29 is 9.53 Å². The molecule has 4 aromatic rings. The van der Waals surface area contributed by atoms with E-state index >= 15 is 0 Å². The van der Waals surface area contributed by atoms with E-state index in [4.69, 9.17) is 4.74 Å². The number of benzene rings is 2. The van der Waals surface area contributed by atoms with Crippen molar-refractivity contribution in [1.82, 2.24) is 30.5 Å². The van der Waals surface area contributed by atoms with Gasteiger partial charge in [-0.2, -0.15) is 4.68 Å². The Balaban J connectivity index is 1.33. The number of fused-ring (bicyclic) bond motifs is 1. The van der Waals surface area contributed by atoms with Gasteiger partial charge in [0, 0.05) is 29.7 Å². The van der Waals surface area contributed by atoms with E-state index in [9.17, 15) is 4.79 Å². The van der Waals surface area contributed by atoms with Gasteiger partial charge in [-0.15, -0.1) is 5.10 Å². The number of nitrogens with zero attached hydrogens (tertiary/aromatic N) is 4. The molecule has 0 unspecified atom stereocenters. The average Bonchev–Trinajstić information content (AvgIpc) is 3.40. The minimum atomic E-state index is -0.328. The lowest BCUT2D eigenvalue weighted by Crippen LogP contribution is -2.32. The Kier molecular flexibility index (Phi) is 5.99. The summed E-state index contributed by atoms with van der Waals surface area (Å²) in [6.45, 7) is 2.40. The number of tetrazole rings is 1. The Morgan fingerprint density at radius 1 is 1.27 bits per heavy atom. The summed E-state index contributed by atoms with van der Waals surface area (Å²) in [5, 5.41) is 16.2. The summed E-state index contributed by atoms with van der Waals surface area (Å²) in [6.07, 6.45) is 2.71. The number of hydrogen-bond donors (Lipinski definition) is 2. The molecule has 9 heteroatoms. The molecule has 30 heavy (non-hydrogen) atoms. The Morgan fingerprint density at radius 2 is 2.10 bits per heavy atom. The van der Waals surface area contributed by atoms with Gasteiger partial charge in [-0.25, -0.2) is 0 Å². The minimum absolute atomic E-state index is 0.0517. The molecule has 0 spiro atoms. The number of carbonyl (C=O) groups excluding carboxylic acids is 1. The number of thioether (sulfide) groups is 1. The molecule has 8 nitrogen and oxygen atoms in total. The van der Waals surface area contributed by atoms with Crippen molar-refractivity contribution >= 4 is 28.6 Å². The smallest absolute Gasteiger partial charge is 0.233 e. The summed E-state index contributed by atoms with van der Waals surface area (Å²) in [6, 6.07) is 15.5. The number of ether oxygens (including phenoxy) is 1. The van der Waals surface area contributed by atoms with Crippen LogP contribution in [-0.4, -0.2) is 50.0 Å². The van der Waals surface area contributed by atoms with Gasteiger partial charge < -0.3 is 15.0 Å². The zero-order valence-corrected chi connectivity index (χ0v) is 17.5.